The van der Waals surface area contributed by atoms with E-state index in [4.69, 9.17) is 9.47 Å². The Morgan fingerprint density at radius 3 is 2.61 bits per heavy atom. The van der Waals surface area contributed by atoms with E-state index in [1.165, 1.54) is 0 Å². The first kappa shape index (κ1) is 19.0. The Bertz CT molecular complexity index is 501. The van der Waals surface area contributed by atoms with Crippen LogP contribution in [0.4, 0.5) is 0 Å². The summed E-state index contributed by atoms with van der Waals surface area (Å²) in [5.41, 5.74) is 3.39. The van der Waals surface area contributed by atoms with E-state index in [0.717, 1.165) is 37.0 Å². The summed E-state index contributed by atoms with van der Waals surface area (Å²) in [7, 11) is 0. The molecule has 0 heterocycles. The molecule has 0 bridgehead atoms. The average molecular weight is 320 g/mol. The predicted molar refractivity (Wildman–Crippen MR) is 93.3 cm³/mol. The standard InChI is InChI=1S/C18H28N2O3/c1-4-7-9-18(21)20-19-14-15-10-11-16(23-12-8-5-2)17(13-15)22-6-3/h10-11,13-14H,4-9,12H2,1-3H3,(H,20,21)/b19-14+. The van der Waals surface area contributed by atoms with Gasteiger partial charge >= 0.3 is 0 Å². The monoisotopic (exact) mass is 320 g/mol. The Kier molecular flexibility index (Phi) is 9.52. The van der Waals surface area contributed by atoms with Crippen LogP contribution in [0.3, 0.4) is 0 Å². The third kappa shape index (κ3) is 7.68. The van der Waals surface area contributed by atoms with Crippen molar-refractivity contribution < 1.29 is 14.3 Å². The second-order valence-corrected chi connectivity index (χ2v) is 5.24. The minimum absolute atomic E-state index is 0.0624. The quantitative estimate of drug-likeness (QED) is 0.382. The molecule has 0 aliphatic carbocycles. The van der Waals surface area contributed by atoms with E-state index >= 15 is 0 Å². The Morgan fingerprint density at radius 2 is 1.91 bits per heavy atom. The van der Waals surface area contributed by atoms with Crippen LogP contribution in [0.25, 0.3) is 0 Å². The van der Waals surface area contributed by atoms with Crippen molar-refractivity contribution >= 4 is 12.1 Å². The van der Waals surface area contributed by atoms with E-state index in [-0.39, 0.29) is 5.91 Å². The summed E-state index contributed by atoms with van der Waals surface area (Å²) in [5.74, 6) is 1.38. The number of unbranched alkanes of at least 4 members (excludes halogenated alkanes) is 2. The lowest BCUT2D eigenvalue weighted by Crippen LogP contribution is -2.16. The lowest BCUT2D eigenvalue weighted by Gasteiger charge is -2.12. The van der Waals surface area contributed by atoms with Crippen molar-refractivity contribution in [2.75, 3.05) is 13.2 Å². The zero-order valence-corrected chi connectivity index (χ0v) is 14.4. The van der Waals surface area contributed by atoms with Gasteiger partial charge in [0, 0.05) is 6.42 Å². The van der Waals surface area contributed by atoms with E-state index in [1.54, 1.807) is 6.21 Å². The van der Waals surface area contributed by atoms with Crippen LogP contribution in [0.1, 0.15) is 58.4 Å². The number of hydrogen-bond acceptors (Lipinski definition) is 4. The maximum Gasteiger partial charge on any atom is 0.240 e. The molecular weight excluding hydrogens is 292 g/mol. The first-order valence-corrected chi connectivity index (χ1v) is 8.42. The molecule has 5 nitrogen and oxygen atoms in total. The lowest BCUT2D eigenvalue weighted by molar-refractivity contribution is -0.121. The Morgan fingerprint density at radius 1 is 1.13 bits per heavy atom. The van der Waals surface area contributed by atoms with Gasteiger partial charge in [0.15, 0.2) is 11.5 Å². The van der Waals surface area contributed by atoms with E-state index in [0.29, 0.717) is 25.4 Å². The second-order valence-electron chi connectivity index (χ2n) is 5.24. The van der Waals surface area contributed by atoms with Gasteiger partial charge in [-0.05, 0) is 43.5 Å². The van der Waals surface area contributed by atoms with Crippen LogP contribution in [0.2, 0.25) is 0 Å². The van der Waals surface area contributed by atoms with Crippen LogP contribution >= 0.6 is 0 Å². The Balaban J connectivity index is 2.65. The van der Waals surface area contributed by atoms with Crippen molar-refractivity contribution in [3.05, 3.63) is 23.8 Å². The molecule has 0 saturated carbocycles. The molecule has 1 N–H and O–H groups in total. The molecule has 1 aromatic carbocycles. The van der Waals surface area contributed by atoms with Crippen LogP contribution in [0.5, 0.6) is 11.5 Å². The first-order chi connectivity index (χ1) is 11.2. The van der Waals surface area contributed by atoms with Crippen molar-refractivity contribution in [1.82, 2.24) is 5.43 Å². The minimum atomic E-state index is -0.0624. The molecule has 128 valence electrons. The summed E-state index contributed by atoms with van der Waals surface area (Å²) in [6, 6.07) is 5.64. The number of benzene rings is 1. The van der Waals surface area contributed by atoms with Gasteiger partial charge in [0.25, 0.3) is 0 Å². The zero-order valence-electron chi connectivity index (χ0n) is 14.4. The lowest BCUT2D eigenvalue weighted by atomic mass is 10.2. The SMILES string of the molecule is CCCCOc1ccc(/C=N/NC(=O)CCCC)cc1OCC. The summed E-state index contributed by atoms with van der Waals surface area (Å²) in [6.45, 7) is 7.36. The van der Waals surface area contributed by atoms with Crippen molar-refractivity contribution in [3.63, 3.8) is 0 Å². The number of hydrogen-bond donors (Lipinski definition) is 1. The molecule has 0 atom stereocenters. The summed E-state index contributed by atoms with van der Waals surface area (Å²) in [4.78, 5) is 11.5. The minimum Gasteiger partial charge on any atom is -0.490 e. The van der Waals surface area contributed by atoms with Crippen LogP contribution in [0, 0.1) is 0 Å². The number of ether oxygens (including phenoxy) is 2. The number of nitrogens with zero attached hydrogens (tertiary/aromatic N) is 1. The van der Waals surface area contributed by atoms with Gasteiger partial charge in [-0.25, -0.2) is 5.43 Å². The van der Waals surface area contributed by atoms with Crippen molar-refractivity contribution in [1.29, 1.82) is 0 Å². The fraction of sp³-hybridized carbons (Fsp3) is 0.556. The number of carbonyl (C=O) groups excluding carboxylic acids is 1. The molecule has 0 spiro atoms. The smallest absolute Gasteiger partial charge is 0.240 e. The predicted octanol–water partition coefficient (Wildman–Crippen LogP) is 3.90. The van der Waals surface area contributed by atoms with Crippen LogP contribution < -0.4 is 14.9 Å². The summed E-state index contributed by atoms with van der Waals surface area (Å²) < 4.78 is 11.3. The molecule has 1 amide bonds. The topological polar surface area (TPSA) is 59.9 Å². The highest BCUT2D eigenvalue weighted by Crippen LogP contribution is 2.28. The van der Waals surface area contributed by atoms with Crippen molar-refractivity contribution in [2.24, 2.45) is 5.10 Å². The number of nitrogens with one attached hydrogen (secondary N) is 1. The summed E-state index contributed by atoms with van der Waals surface area (Å²) in [6.07, 6.45) is 6.09. The molecule has 0 fully saturated rings. The van der Waals surface area contributed by atoms with Gasteiger partial charge in [0.2, 0.25) is 5.91 Å². The van der Waals surface area contributed by atoms with Gasteiger partial charge in [0.05, 0.1) is 19.4 Å². The maximum absolute atomic E-state index is 11.5. The van der Waals surface area contributed by atoms with E-state index in [1.807, 2.05) is 25.1 Å². The van der Waals surface area contributed by atoms with E-state index < -0.39 is 0 Å². The van der Waals surface area contributed by atoms with Gasteiger partial charge in [-0.1, -0.05) is 26.7 Å². The number of carbonyl (C=O) groups is 1. The summed E-state index contributed by atoms with van der Waals surface area (Å²) in [5, 5.41) is 3.98. The van der Waals surface area contributed by atoms with Crippen molar-refractivity contribution in [2.45, 2.75) is 52.9 Å². The van der Waals surface area contributed by atoms with Crippen LogP contribution in [-0.2, 0) is 4.79 Å². The molecule has 0 unspecified atom stereocenters. The average Bonchev–Trinajstić information content (AvgIpc) is 2.55. The molecule has 0 saturated heterocycles. The van der Waals surface area contributed by atoms with Crippen LogP contribution in [0.15, 0.2) is 23.3 Å². The largest absolute Gasteiger partial charge is 0.490 e. The Hall–Kier alpha value is -2.04. The highest BCUT2D eigenvalue weighted by molar-refractivity contribution is 5.83. The highest BCUT2D eigenvalue weighted by Gasteiger charge is 2.06. The number of rotatable bonds is 11. The normalized spacial score (nSPS) is 10.7. The first-order valence-electron chi connectivity index (χ1n) is 8.42. The number of hydrazone groups is 1. The maximum atomic E-state index is 11.5. The third-order valence-corrected chi connectivity index (χ3v) is 3.18. The molecule has 0 aliphatic heterocycles. The fourth-order valence-corrected chi connectivity index (χ4v) is 1.89. The second kappa shape index (κ2) is 11.5. The molecule has 1 rings (SSSR count). The molecule has 0 aliphatic rings. The van der Waals surface area contributed by atoms with Crippen LogP contribution in [-0.4, -0.2) is 25.3 Å². The van der Waals surface area contributed by atoms with E-state index in [2.05, 4.69) is 24.4 Å². The van der Waals surface area contributed by atoms with Gasteiger partial charge in [-0.3, -0.25) is 4.79 Å². The molecule has 23 heavy (non-hydrogen) atoms. The summed E-state index contributed by atoms with van der Waals surface area (Å²) >= 11 is 0. The zero-order chi connectivity index (χ0) is 16.9. The van der Waals surface area contributed by atoms with Gasteiger partial charge in [-0.2, -0.15) is 5.10 Å². The van der Waals surface area contributed by atoms with E-state index in [9.17, 15) is 4.79 Å². The molecule has 5 heteroatoms. The van der Waals surface area contributed by atoms with Gasteiger partial charge < -0.3 is 9.47 Å². The molecule has 0 radical (unpaired) electrons. The fourth-order valence-electron chi connectivity index (χ4n) is 1.89. The molecule has 0 aromatic heterocycles. The highest BCUT2D eigenvalue weighted by atomic mass is 16.5. The number of amides is 1. The van der Waals surface area contributed by atoms with Gasteiger partial charge in [0.1, 0.15) is 0 Å². The van der Waals surface area contributed by atoms with Gasteiger partial charge in [-0.15, -0.1) is 0 Å². The Labute approximate surface area is 139 Å². The third-order valence-electron chi connectivity index (χ3n) is 3.18. The molecule has 1 aromatic rings. The van der Waals surface area contributed by atoms with Crippen molar-refractivity contribution in [3.8, 4) is 11.5 Å². The molecular formula is C18H28N2O3.